The minimum absolute atomic E-state index is 0.0830. The molecule has 2 amide bonds. The fourth-order valence-corrected chi connectivity index (χ4v) is 2.26. The first kappa shape index (κ1) is 18.0. The number of hydrogen-bond donors (Lipinski definition) is 2. The summed E-state index contributed by atoms with van der Waals surface area (Å²) in [5.74, 6) is 0.692. The maximum Gasteiger partial charge on any atom is 0.324 e. The van der Waals surface area contributed by atoms with Crippen molar-refractivity contribution in [3.05, 3.63) is 41.6 Å². The summed E-state index contributed by atoms with van der Waals surface area (Å²) < 4.78 is 1.86. The van der Waals surface area contributed by atoms with Gasteiger partial charge in [0.1, 0.15) is 5.82 Å². The summed E-state index contributed by atoms with van der Waals surface area (Å²) in [6.07, 6.45) is 0. The van der Waals surface area contributed by atoms with Crippen LogP contribution in [0.2, 0.25) is 0 Å². The van der Waals surface area contributed by atoms with Gasteiger partial charge in [0.05, 0.1) is 11.2 Å². The highest BCUT2D eigenvalue weighted by Crippen LogP contribution is 2.28. The van der Waals surface area contributed by atoms with Crippen LogP contribution in [-0.4, -0.2) is 15.8 Å². The average Bonchev–Trinajstić information content (AvgIpc) is 2.85. The zero-order chi connectivity index (χ0) is 18.1. The van der Waals surface area contributed by atoms with Crippen LogP contribution in [0, 0.1) is 6.92 Å². The maximum absolute atomic E-state index is 12.3. The van der Waals surface area contributed by atoms with E-state index in [-0.39, 0.29) is 17.0 Å². The monoisotopic (exact) mass is 328 g/mol. The van der Waals surface area contributed by atoms with Gasteiger partial charge >= 0.3 is 6.03 Å². The molecule has 0 aliphatic heterocycles. The molecule has 130 valence electrons. The van der Waals surface area contributed by atoms with E-state index in [9.17, 15) is 4.79 Å². The molecule has 5 nitrogen and oxygen atoms in total. The molecule has 0 atom stereocenters. The van der Waals surface area contributed by atoms with Crippen molar-refractivity contribution in [2.75, 3.05) is 10.6 Å². The minimum atomic E-state index is -0.273. The Morgan fingerprint density at radius 2 is 1.58 bits per heavy atom. The van der Waals surface area contributed by atoms with Crippen molar-refractivity contribution in [3.63, 3.8) is 0 Å². The van der Waals surface area contributed by atoms with Gasteiger partial charge < -0.3 is 5.32 Å². The van der Waals surface area contributed by atoms with Gasteiger partial charge in [0, 0.05) is 17.2 Å². The predicted octanol–water partition coefficient (Wildman–Crippen LogP) is 4.89. The van der Waals surface area contributed by atoms with Crippen LogP contribution in [0.15, 0.2) is 30.3 Å². The summed E-state index contributed by atoms with van der Waals surface area (Å²) in [6, 6.07) is 9.37. The maximum atomic E-state index is 12.3. The van der Waals surface area contributed by atoms with Crippen molar-refractivity contribution in [1.29, 1.82) is 0 Å². The van der Waals surface area contributed by atoms with E-state index < -0.39 is 0 Å². The lowest BCUT2D eigenvalue weighted by atomic mass is 9.92. The topological polar surface area (TPSA) is 59.0 Å². The third-order valence-corrected chi connectivity index (χ3v) is 3.66. The lowest BCUT2D eigenvalue weighted by molar-refractivity contribution is 0.261. The molecule has 0 fully saturated rings. The van der Waals surface area contributed by atoms with E-state index >= 15 is 0 Å². The first-order valence-corrected chi connectivity index (χ1v) is 8.22. The molecule has 2 rings (SSSR count). The number of rotatable bonds is 2. The fraction of sp³-hybridized carbons (Fsp3) is 0.474. The zero-order valence-electron chi connectivity index (χ0n) is 15.7. The molecule has 5 heteroatoms. The molecule has 0 unspecified atom stereocenters. The first-order chi connectivity index (χ1) is 11.0. The fourth-order valence-electron chi connectivity index (χ4n) is 2.26. The Kier molecular flexibility index (Phi) is 4.74. The van der Waals surface area contributed by atoms with E-state index in [0.717, 1.165) is 16.9 Å². The molecule has 2 aromatic rings. The Morgan fingerprint density at radius 1 is 1.00 bits per heavy atom. The van der Waals surface area contributed by atoms with E-state index in [1.54, 1.807) is 0 Å². The summed E-state index contributed by atoms with van der Waals surface area (Å²) >= 11 is 0. The highest BCUT2D eigenvalue weighted by atomic mass is 16.2. The van der Waals surface area contributed by atoms with Crippen LogP contribution in [0.3, 0.4) is 0 Å². The highest BCUT2D eigenvalue weighted by molar-refractivity contribution is 5.99. The van der Waals surface area contributed by atoms with Gasteiger partial charge in [0.2, 0.25) is 0 Å². The summed E-state index contributed by atoms with van der Waals surface area (Å²) in [5.41, 5.74) is 2.55. The number of anilines is 2. The predicted molar refractivity (Wildman–Crippen MR) is 99.7 cm³/mol. The Balaban J connectivity index is 2.23. The molecular formula is C19H28N4O. The van der Waals surface area contributed by atoms with Crippen molar-refractivity contribution in [3.8, 4) is 0 Å². The lowest BCUT2D eigenvalue weighted by Crippen LogP contribution is -2.28. The molecule has 1 aromatic heterocycles. The van der Waals surface area contributed by atoms with E-state index in [2.05, 4.69) is 52.2 Å². The quantitative estimate of drug-likeness (QED) is 0.824. The van der Waals surface area contributed by atoms with Crippen molar-refractivity contribution >= 4 is 17.5 Å². The van der Waals surface area contributed by atoms with Gasteiger partial charge in [-0.15, -0.1) is 0 Å². The summed E-state index contributed by atoms with van der Waals surface area (Å²) in [6.45, 7) is 14.5. The van der Waals surface area contributed by atoms with Gasteiger partial charge in [-0.25, -0.2) is 9.48 Å². The van der Waals surface area contributed by atoms with Crippen LogP contribution in [-0.2, 0) is 11.0 Å². The van der Waals surface area contributed by atoms with Crippen molar-refractivity contribution in [2.45, 2.75) is 59.4 Å². The second-order valence-electron chi connectivity index (χ2n) is 8.19. The molecule has 0 aliphatic rings. The zero-order valence-corrected chi connectivity index (χ0v) is 15.7. The molecule has 0 spiro atoms. The SMILES string of the molecule is Cc1ccc(NC(=O)Nc2cc(C(C)(C)C)nn2C(C)(C)C)cc1. The van der Waals surface area contributed by atoms with Crippen LogP contribution in [0.4, 0.5) is 16.3 Å². The average molecular weight is 328 g/mol. The first-order valence-electron chi connectivity index (χ1n) is 8.22. The molecule has 0 saturated carbocycles. The normalized spacial score (nSPS) is 12.1. The molecule has 0 saturated heterocycles. The molecule has 1 aromatic carbocycles. The third-order valence-electron chi connectivity index (χ3n) is 3.66. The number of urea groups is 1. The highest BCUT2D eigenvalue weighted by Gasteiger charge is 2.25. The second-order valence-corrected chi connectivity index (χ2v) is 8.19. The molecular weight excluding hydrogens is 300 g/mol. The Morgan fingerprint density at radius 3 is 2.08 bits per heavy atom. The van der Waals surface area contributed by atoms with E-state index in [1.165, 1.54) is 0 Å². The van der Waals surface area contributed by atoms with Crippen LogP contribution in [0.25, 0.3) is 0 Å². The molecule has 0 radical (unpaired) electrons. The number of aromatic nitrogens is 2. The van der Waals surface area contributed by atoms with Gasteiger partial charge in [-0.2, -0.15) is 5.10 Å². The third kappa shape index (κ3) is 4.37. The van der Waals surface area contributed by atoms with E-state index in [1.807, 2.05) is 41.9 Å². The van der Waals surface area contributed by atoms with Crippen LogP contribution in [0.5, 0.6) is 0 Å². The Hall–Kier alpha value is -2.30. The minimum Gasteiger partial charge on any atom is -0.308 e. The number of carbonyl (C=O) groups is 1. The number of nitrogens with one attached hydrogen (secondary N) is 2. The van der Waals surface area contributed by atoms with Gasteiger partial charge in [0.15, 0.2) is 0 Å². The molecule has 1 heterocycles. The number of aryl methyl sites for hydroxylation is 1. The largest absolute Gasteiger partial charge is 0.324 e. The van der Waals surface area contributed by atoms with E-state index in [0.29, 0.717) is 5.82 Å². The number of carbonyl (C=O) groups excluding carboxylic acids is 1. The van der Waals surface area contributed by atoms with Crippen LogP contribution in [0.1, 0.15) is 52.8 Å². The van der Waals surface area contributed by atoms with Gasteiger partial charge in [-0.3, -0.25) is 5.32 Å². The molecule has 0 bridgehead atoms. The van der Waals surface area contributed by atoms with Gasteiger partial charge in [0.25, 0.3) is 0 Å². The Bertz CT molecular complexity index is 715. The number of nitrogens with zero attached hydrogens (tertiary/aromatic N) is 2. The van der Waals surface area contributed by atoms with Crippen LogP contribution < -0.4 is 10.6 Å². The van der Waals surface area contributed by atoms with Crippen molar-refractivity contribution in [1.82, 2.24) is 9.78 Å². The van der Waals surface area contributed by atoms with Crippen molar-refractivity contribution in [2.24, 2.45) is 0 Å². The van der Waals surface area contributed by atoms with Gasteiger partial charge in [-0.05, 0) is 39.8 Å². The Labute approximate surface area is 144 Å². The summed E-state index contributed by atoms with van der Waals surface area (Å²) in [5, 5.41) is 10.5. The van der Waals surface area contributed by atoms with Crippen LogP contribution >= 0.6 is 0 Å². The lowest BCUT2D eigenvalue weighted by Gasteiger charge is -2.23. The smallest absolute Gasteiger partial charge is 0.308 e. The number of hydrogen-bond acceptors (Lipinski definition) is 2. The molecule has 24 heavy (non-hydrogen) atoms. The number of amides is 2. The molecule has 0 aliphatic carbocycles. The standard InChI is InChI=1S/C19H28N4O/c1-13-8-10-14(11-9-13)20-17(24)21-16-12-15(18(2,3)4)22-23(16)19(5,6)7/h8-12H,1-7H3,(H2,20,21,24). The molecule has 2 N–H and O–H groups in total. The van der Waals surface area contributed by atoms with Gasteiger partial charge in [-0.1, -0.05) is 38.5 Å². The summed E-state index contributed by atoms with van der Waals surface area (Å²) in [4.78, 5) is 12.3. The number of benzene rings is 1. The summed E-state index contributed by atoms with van der Waals surface area (Å²) in [7, 11) is 0. The second kappa shape index (κ2) is 6.30. The van der Waals surface area contributed by atoms with Crippen molar-refractivity contribution < 1.29 is 4.79 Å². The van der Waals surface area contributed by atoms with E-state index in [4.69, 9.17) is 5.10 Å².